The molecule has 2 rings (SSSR count). The molecule has 1 atom stereocenters. The molecule has 1 aromatic rings. The molecule has 12 heavy (non-hydrogen) atoms. The van der Waals surface area contributed by atoms with Gasteiger partial charge in [-0.15, -0.1) is 0 Å². The van der Waals surface area contributed by atoms with E-state index in [1.165, 1.54) is 0 Å². The average Bonchev–Trinajstić information content (AvgIpc) is 2.49. The second-order valence-corrected chi connectivity index (χ2v) is 3.21. The molecule has 0 saturated heterocycles. The summed E-state index contributed by atoms with van der Waals surface area (Å²) < 4.78 is 1.99. The highest BCUT2D eigenvalue weighted by atomic mass is 15.4. The summed E-state index contributed by atoms with van der Waals surface area (Å²) >= 11 is 0. The average molecular weight is 166 g/mol. The molecule has 0 radical (unpaired) electrons. The van der Waals surface area contributed by atoms with Gasteiger partial charge in [0.25, 0.3) is 0 Å². The fourth-order valence-electron chi connectivity index (χ4n) is 1.46. The zero-order chi connectivity index (χ0) is 8.55. The monoisotopic (exact) mass is 166 g/mol. The Morgan fingerprint density at radius 2 is 2.50 bits per heavy atom. The summed E-state index contributed by atoms with van der Waals surface area (Å²) in [7, 11) is 0. The lowest BCUT2D eigenvalue weighted by molar-refractivity contribution is 0.449. The van der Waals surface area contributed by atoms with Gasteiger partial charge in [0, 0.05) is 13.0 Å². The molecular formula is C8H14N4. The van der Waals surface area contributed by atoms with Crippen LogP contribution in [0, 0.1) is 0 Å². The van der Waals surface area contributed by atoms with Crippen LogP contribution in [-0.4, -0.2) is 21.3 Å². The molecular weight excluding hydrogens is 152 g/mol. The van der Waals surface area contributed by atoms with Crippen molar-refractivity contribution >= 4 is 5.95 Å². The SMILES string of the molecule is CCc1nc2n(n1)C(C)CCN2. The Labute approximate surface area is 72.0 Å². The van der Waals surface area contributed by atoms with Crippen LogP contribution < -0.4 is 5.32 Å². The van der Waals surface area contributed by atoms with E-state index in [2.05, 4.69) is 29.2 Å². The molecule has 1 aliphatic heterocycles. The first kappa shape index (κ1) is 7.58. The first-order valence-electron chi connectivity index (χ1n) is 4.50. The zero-order valence-corrected chi connectivity index (χ0v) is 7.54. The third kappa shape index (κ3) is 1.07. The molecule has 0 aromatic carbocycles. The van der Waals surface area contributed by atoms with Crippen LogP contribution in [0.4, 0.5) is 5.95 Å². The summed E-state index contributed by atoms with van der Waals surface area (Å²) in [5, 5.41) is 7.63. The Kier molecular flexibility index (Phi) is 1.75. The van der Waals surface area contributed by atoms with E-state index in [1.54, 1.807) is 0 Å². The minimum absolute atomic E-state index is 0.494. The topological polar surface area (TPSA) is 42.7 Å². The minimum Gasteiger partial charge on any atom is -0.354 e. The van der Waals surface area contributed by atoms with Crippen LogP contribution in [0.5, 0.6) is 0 Å². The number of nitrogens with one attached hydrogen (secondary N) is 1. The van der Waals surface area contributed by atoms with Crippen LogP contribution in [0.2, 0.25) is 0 Å². The summed E-state index contributed by atoms with van der Waals surface area (Å²) in [6, 6.07) is 0.494. The first-order chi connectivity index (χ1) is 5.81. The van der Waals surface area contributed by atoms with Gasteiger partial charge in [0.1, 0.15) is 0 Å². The lowest BCUT2D eigenvalue weighted by atomic mass is 10.2. The largest absolute Gasteiger partial charge is 0.354 e. The van der Waals surface area contributed by atoms with Crippen LogP contribution in [-0.2, 0) is 6.42 Å². The number of rotatable bonds is 1. The Hall–Kier alpha value is -1.06. The van der Waals surface area contributed by atoms with Crippen molar-refractivity contribution in [1.82, 2.24) is 14.8 Å². The smallest absolute Gasteiger partial charge is 0.221 e. The standard InChI is InChI=1S/C8H14N4/c1-3-7-10-8-9-5-4-6(2)12(8)11-7/h6H,3-5H2,1-2H3,(H,9,10,11). The van der Waals surface area contributed by atoms with Crippen molar-refractivity contribution in [1.29, 1.82) is 0 Å². The normalized spacial score (nSPS) is 21.7. The molecule has 1 unspecified atom stereocenters. The molecule has 1 aliphatic rings. The summed E-state index contributed by atoms with van der Waals surface area (Å²) in [5.74, 6) is 1.87. The predicted molar refractivity (Wildman–Crippen MR) is 47.2 cm³/mol. The van der Waals surface area contributed by atoms with Crippen molar-refractivity contribution in [2.75, 3.05) is 11.9 Å². The third-order valence-electron chi connectivity index (χ3n) is 2.25. The quantitative estimate of drug-likeness (QED) is 0.682. The van der Waals surface area contributed by atoms with Gasteiger partial charge >= 0.3 is 0 Å². The molecule has 1 N–H and O–H groups in total. The molecule has 0 bridgehead atoms. The van der Waals surface area contributed by atoms with E-state index in [0.29, 0.717) is 6.04 Å². The number of fused-ring (bicyclic) bond motifs is 1. The van der Waals surface area contributed by atoms with Crippen molar-refractivity contribution < 1.29 is 0 Å². The van der Waals surface area contributed by atoms with Gasteiger partial charge in [-0.2, -0.15) is 10.1 Å². The highest BCUT2D eigenvalue weighted by molar-refractivity contribution is 5.27. The van der Waals surface area contributed by atoms with Gasteiger partial charge in [0.2, 0.25) is 5.95 Å². The van der Waals surface area contributed by atoms with Crippen LogP contribution >= 0.6 is 0 Å². The van der Waals surface area contributed by atoms with Crippen LogP contribution in [0.3, 0.4) is 0 Å². The second kappa shape index (κ2) is 2.77. The van der Waals surface area contributed by atoms with E-state index in [-0.39, 0.29) is 0 Å². The van der Waals surface area contributed by atoms with Gasteiger partial charge in [0.15, 0.2) is 5.82 Å². The van der Waals surface area contributed by atoms with Crippen LogP contribution in [0.25, 0.3) is 0 Å². The maximum atomic E-state index is 4.39. The Morgan fingerprint density at radius 1 is 1.67 bits per heavy atom. The van der Waals surface area contributed by atoms with Gasteiger partial charge in [-0.05, 0) is 13.3 Å². The number of aromatic nitrogens is 3. The summed E-state index contributed by atoms with van der Waals surface area (Å²) in [4.78, 5) is 4.36. The van der Waals surface area contributed by atoms with E-state index >= 15 is 0 Å². The number of anilines is 1. The zero-order valence-electron chi connectivity index (χ0n) is 7.54. The minimum atomic E-state index is 0.494. The maximum absolute atomic E-state index is 4.39. The van der Waals surface area contributed by atoms with Crippen molar-refractivity contribution in [3.05, 3.63) is 5.82 Å². The maximum Gasteiger partial charge on any atom is 0.221 e. The van der Waals surface area contributed by atoms with Gasteiger partial charge in [-0.3, -0.25) is 0 Å². The number of hydrogen-bond acceptors (Lipinski definition) is 3. The van der Waals surface area contributed by atoms with E-state index in [0.717, 1.165) is 31.2 Å². The molecule has 66 valence electrons. The fourth-order valence-corrected chi connectivity index (χ4v) is 1.46. The van der Waals surface area contributed by atoms with Crippen molar-refractivity contribution in [3.8, 4) is 0 Å². The Bertz CT molecular complexity index is 279. The van der Waals surface area contributed by atoms with Gasteiger partial charge < -0.3 is 5.32 Å². The molecule has 2 heterocycles. The van der Waals surface area contributed by atoms with Crippen molar-refractivity contribution in [3.63, 3.8) is 0 Å². The van der Waals surface area contributed by atoms with E-state index in [4.69, 9.17) is 0 Å². The molecule has 4 heteroatoms. The third-order valence-corrected chi connectivity index (χ3v) is 2.25. The van der Waals surface area contributed by atoms with Gasteiger partial charge in [0.05, 0.1) is 6.04 Å². The molecule has 0 amide bonds. The molecule has 0 saturated carbocycles. The van der Waals surface area contributed by atoms with E-state index in [9.17, 15) is 0 Å². The Morgan fingerprint density at radius 3 is 3.17 bits per heavy atom. The van der Waals surface area contributed by atoms with Crippen molar-refractivity contribution in [2.24, 2.45) is 0 Å². The molecule has 4 nitrogen and oxygen atoms in total. The number of hydrogen-bond donors (Lipinski definition) is 1. The number of aryl methyl sites for hydroxylation is 1. The summed E-state index contributed by atoms with van der Waals surface area (Å²) in [6.45, 7) is 5.27. The summed E-state index contributed by atoms with van der Waals surface area (Å²) in [5.41, 5.74) is 0. The van der Waals surface area contributed by atoms with Crippen molar-refractivity contribution in [2.45, 2.75) is 32.7 Å². The lowest BCUT2D eigenvalue weighted by Gasteiger charge is -2.20. The Balaban J connectivity index is 2.37. The molecule has 0 spiro atoms. The highest BCUT2D eigenvalue weighted by Gasteiger charge is 2.18. The highest BCUT2D eigenvalue weighted by Crippen LogP contribution is 2.20. The lowest BCUT2D eigenvalue weighted by Crippen LogP contribution is -2.21. The molecule has 0 aliphatic carbocycles. The molecule has 0 fully saturated rings. The van der Waals surface area contributed by atoms with Gasteiger partial charge in [-0.1, -0.05) is 6.92 Å². The van der Waals surface area contributed by atoms with Gasteiger partial charge in [-0.25, -0.2) is 4.68 Å². The van der Waals surface area contributed by atoms with E-state index in [1.807, 2.05) is 4.68 Å². The van der Waals surface area contributed by atoms with Crippen LogP contribution in [0.15, 0.2) is 0 Å². The predicted octanol–water partition coefficient (Wildman–Crippen LogP) is 1.22. The second-order valence-electron chi connectivity index (χ2n) is 3.21. The van der Waals surface area contributed by atoms with Crippen LogP contribution in [0.1, 0.15) is 32.1 Å². The fraction of sp³-hybridized carbons (Fsp3) is 0.750. The van der Waals surface area contributed by atoms with E-state index < -0.39 is 0 Å². The summed E-state index contributed by atoms with van der Waals surface area (Å²) in [6.07, 6.45) is 2.05. The first-order valence-corrected chi connectivity index (χ1v) is 4.50. The number of nitrogens with zero attached hydrogens (tertiary/aromatic N) is 3. The molecule has 1 aromatic heterocycles.